The molecule has 1 aliphatic heterocycles. The van der Waals surface area contributed by atoms with Crippen molar-refractivity contribution >= 4 is 35.7 Å². The van der Waals surface area contributed by atoms with Gasteiger partial charge in [0, 0.05) is 23.7 Å². The summed E-state index contributed by atoms with van der Waals surface area (Å²) in [6.07, 6.45) is 5.52. The van der Waals surface area contributed by atoms with Gasteiger partial charge in [-0.05, 0) is 37.2 Å². The van der Waals surface area contributed by atoms with Gasteiger partial charge < -0.3 is 24.6 Å². The molecule has 10 heteroatoms. The van der Waals surface area contributed by atoms with E-state index >= 15 is 0 Å². The first-order chi connectivity index (χ1) is 15.6. The zero-order valence-corrected chi connectivity index (χ0v) is 18.6. The molecule has 3 heterocycles. The van der Waals surface area contributed by atoms with Gasteiger partial charge in [-0.25, -0.2) is 4.98 Å². The van der Waals surface area contributed by atoms with Crippen molar-refractivity contribution in [2.75, 3.05) is 25.1 Å². The molecule has 1 fully saturated rings. The Morgan fingerprint density at radius 1 is 1.38 bits per heavy atom. The molecule has 0 saturated carbocycles. The summed E-state index contributed by atoms with van der Waals surface area (Å²) in [5, 5.41) is 7.69. The Hall–Kier alpha value is -3.11. The van der Waals surface area contributed by atoms with Crippen LogP contribution in [0.2, 0.25) is 6.82 Å². The SMILES string of the molecule is C[B]n1ccc(C(=O)NCC(=O)Nc2nc(-c3cccc(OC4CCCOC4)c3)cs2)c1. The Balaban J connectivity index is 1.31. The fourth-order valence-electron chi connectivity index (χ4n) is 3.32. The van der Waals surface area contributed by atoms with Crippen molar-refractivity contribution in [2.45, 2.75) is 25.8 Å². The first kappa shape index (κ1) is 22.1. The van der Waals surface area contributed by atoms with Crippen molar-refractivity contribution in [3.8, 4) is 17.0 Å². The average molecular weight is 451 g/mol. The highest BCUT2D eigenvalue weighted by atomic mass is 32.1. The van der Waals surface area contributed by atoms with E-state index in [-0.39, 0.29) is 24.5 Å². The molecule has 1 aromatic carbocycles. The van der Waals surface area contributed by atoms with Crippen LogP contribution >= 0.6 is 11.3 Å². The van der Waals surface area contributed by atoms with E-state index in [0.29, 0.717) is 17.3 Å². The Labute approximate surface area is 191 Å². The number of ether oxygens (including phenoxy) is 2. The minimum Gasteiger partial charge on any atom is -0.488 e. The van der Waals surface area contributed by atoms with Crippen molar-refractivity contribution in [3.63, 3.8) is 0 Å². The summed E-state index contributed by atoms with van der Waals surface area (Å²) in [4.78, 5) is 28.9. The number of hydrogen-bond donors (Lipinski definition) is 2. The largest absolute Gasteiger partial charge is 0.488 e. The number of carbonyl (C=O) groups is 2. The molecular formula is C22H24BN4O4S. The summed E-state index contributed by atoms with van der Waals surface area (Å²) in [7, 11) is 1.83. The Morgan fingerprint density at radius 3 is 3.06 bits per heavy atom. The average Bonchev–Trinajstić information content (AvgIpc) is 3.48. The fourth-order valence-corrected chi connectivity index (χ4v) is 4.06. The van der Waals surface area contributed by atoms with Crippen LogP contribution in [0.3, 0.4) is 0 Å². The van der Waals surface area contributed by atoms with Gasteiger partial charge in [-0.1, -0.05) is 19.0 Å². The third-order valence-corrected chi connectivity index (χ3v) is 5.74. The Morgan fingerprint density at radius 2 is 2.28 bits per heavy atom. The maximum absolute atomic E-state index is 12.2. The van der Waals surface area contributed by atoms with E-state index in [2.05, 4.69) is 15.6 Å². The van der Waals surface area contributed by atoms with E-state index in [1.54, 1.807) is 22.9 Å². The van der Waals surface area contributed by atoms with Crippen molar-refractivity contribution < 1.29 is 19.1 Å². The molecule has 2 amide bonds. The van der Waals surface area contributed by atoms with E-state index in [1.165, 1.54) is 11.3 Å². The molecule has 1 radical (unpaired) electrons. The summed E-state index contributed by atoms with van der Waals surface area (Å²) in [5.74, 6) is 0.129. The number of thiazole rings is 1. The van der Waals surface area contributed by atoms with E-state index < -0.39 is 0 Å². The number of benzene rings is 1. The molecule has 0 spiro atoms. The zero-order valence-electron chi connectivity index (χ0n) is 17.7. The van der Waals surface area contributed by atoms with Crippen molar-refractivity contribution in [1.82, 2.24) is 14.8 Å². The van der Waals surface area contributed by atoms with Crippen LogP contribution in [0.5, 0.6) is 5.75 Å². The predicted molar refractivity (Wildman–Crippen MR) is 124 cm³/mol. The highest BCUT2D eigenvalue weighted by Gasteiger charge is 2.16. The summed E-state index contributed by atoms with van der Waals surface area (Å²) < 4.78 is 13.3. The molecule has 1 saturated heterocycles. The number of nitrogens with one attached hydrogen (secondary N) is 2. The first-order valence-electron chi connectivity index (χ1n) is 10.5. The van der Waals surface area contributed by atoms with E-state index in [0.717, 1.165) is 36.5 Å². The van der Waals surface area contributed by atoms with Crippen LogP contribution in [0.1, 0.15) is 23.2 Å². The lowest BCUT2D eigenvalue weighted by Crippen LogP contribution is -2.32. The maximum atomic E-state index is 12.2. The molecule has 0 aliphatic carbocycles. The van der Waals surface area contributed by atoms with Gasteiger partial charge in [-0.2, -0.15) is 0 Å². The Kier molecular flexibility index (Phi) is 7.23. The summed E-state index contributed by atoms with van der Waals surface area (Å²) in [6.45, 7) is 3.13. The third-order valence-electron chi connectivity index (χ3n) is 4.99. The predicted octanol–water partition coefficient (Wildman–Crippen LogP) is 3.05. The minimum absolute atomic E-state index is 0.0677. The topological polar surface area (TPSA) is 94.5 Å². The highest BCUT2D eigenvalue weighted by Crippen LogP contribution is 2.28. The molecule has 1 unspecified atom stereocenters. The Bertz CT molecular complexity index is 1080. The molecule has 0 bridgehead atoms. The van der Waals surface area contributed by atoms with Gasteiger partial charge in [-0.15, -0.1) is 11.3 Å². The van der Waals surface area contributed by atoms with Crippen LogP contribution in [0, 0.1) is 0 Å². The molecule has 3 aromatic rings. The van der Waals surface area contributed by atoms with Gasteiger partial charge in [0.15, 0.2) is 5.13 Å². The minimum atomic E-state index is -0.338. The quantitative estimate of drug-likeness (QED) is 0.514. The molecule has 1 atom stereocenters. The van der Waals surface area contributed by atoms with Gasteiger partial charge in [-0.3, -0.25) is 9.59 Å². The van der Waals surface area contributed by atoms with Gasteiger partial charge in [0.1, 0.15) is 11.9 Å². The lowest BCUT2D eigenvalue weighted by molar-refractivity contribution is -0.115. The van der Waals surface area contributed by atoms with Crippen LogP contribution in [0.25, 0.3) is 11.3 Å². The van der Waals surface area contributed by atoms with Crippen LogP contribution in [0.4, 0.5) is 5.13 Å². The summed E-state index contributed by atoms with van der Waals surface area (Å²) in [5.41, 5.74) is 2.15. The fraction of sp³-hybridized carbons (Fsp3) is 0.318. The number of amides is 2. The molecule has 2 N–H and O–H groups in total. The molecule has 1 aliphatic rings. The van der Waals surface area contributed by atoms with E-state index in [9.17, 15) is 9.59 Å². The second kappa shape index (κ2) is 10.5. The number of carbonyl (C=O) groups excluding carboxylic acids is 2. The van der Waals surface area contributed by atoms with E-state index in [4.69, 9.17) is 9.47 Å². The van der Waals surface area contributed by atoms with Crippen molar-refractivity contribution in [1.29, 1.82) is 0 Å². The van der Waals surface area contributed by atoms with E-state index in [1.807, 2.05) is 43.9 Å². The summed E-state index contributed by atoms with van der Waals surface area (Å²) >= 11 is 1.33. The maximum Gasteiger partial charge on any atom is 0.253 e. The molecule has 8 nitrogen and oxygen atoms in total. The molecule has 2 aromatic heterocycles. The van der Waals surface area contributed by atoms with Crippen LogP contribution < -0.4 is 15.4 Å². The first-order valence-corrected chi connectivity index (χ1v) is 11.3. The van der Waals surface area contributed by atoms with Crippen molar-refractivity contribution in [2.24, 2.45) is 0 Å². The smallest absolute Gasteiger partial charge is 0.253 e. The highest BCUT2D eigenvalue weighted by molar-refractivity contribution is 7.14. The van der Waals surface area contributed by atoms with Crippen LogP contribution in [-0.4, -0.2) is 54.6 Å². The lowest BCUT2D eigenvalue weighted by atomic mass is 10.0. The molecule has 4 rings (SSSR count). The van der Waals surface area contributed by atoms with Gasteiger partial charge in [0.25, 0.3) is 5.91 Å². The molecule has 32 heavy (non-hydrogen) atoms. The van der Waals surface area contributed by atoms with Gasteiger partial charge >= 0.3 is 0 Å². The number of hydrogen-bond acceptors (Lipinski definition) is 6. The summed E-state index contributed by atoms with van der Waals surface area (Å²) in [6, 6.07) is 9.42. The monoisotopic (exact) mass is 451 g/mol. The third kappa shape index (κ3) is 5.77. The molecule has 165 valence electrons. The van der Waals surface area contributed by atoms with Crippen LogP contribution in [-0.2, 0) is 9.53 Å². The lowest BCUT2D eigenvalue weighted by Gasteiger charge is -2.23. The number of aromatic nitrogens is 2. The normalized spacial score (nSPS) is 15.7. The standard InChI is InChI=1S/C22H24BN4O4S/c1-23-27-8-7-16(12-27)21(29)24-11-20(28)26-22-25-19(14-32-22)15-4-2-5-17(10-15)31-18-6-3-9-30-13-18/h2,4-5,7-8,10,12,14,18H,3,6,9,11,13H2,1H3,(H,24,29)(H,25,26,28). The van der Waals surface area contributed by atoms with Gasteiger partial charge in [0.05, 0.1) is 24.4 Å². The van der Waals surface area contributed by atoms with Crippen LogP contribution in [0.15, 0.2) is 48.1 Å². The number of anilines is 1. The second-order valence-electron chi connectivity index (χ2n) is 7.36. The number of nitrogens with zero attached hydrogens (tertiary/aromatic N) is 2. The zero-order chi connectivity index (χ0) is 22.3. The number of rotatable bonds is 8. The van der Waals surface area contributed by atoms with Gasteiger partial charge in [0.2, 0.25) is 13.3 Å². The van der Waals surface area contributed by atoms with Crippen molar-refractivity contribution in [3.05, 3.63) is 53.7 Å². The second-order valence-corrected chi connectivity index (χ2v) is 8.22. The molecular weight excluding hydrogens is 427 g/mol.